The second kappa shape index (κ2) is 8.31. The zero-order valence-corrected chi connectivity index (χ0v) is 14.1. The third-order valence-electron chi connectivity index (χ3n) is 3.58. The Labute approximate surface area is 125 Å². The molecule has 20 heavy (non-hydrogen) atoms. The lowest BCUT2D eigenvalue weighted by Crippen LogP contribution is -2.33. The predicted molar refractivity (Wildman–Crippen MR) is 90.4 cm³/mol. The van der Waals surface area contributed by atoms with E-state index in [0.29, 0.717) is 17.9 Å². The van der Waals surface area contributed by atoms with Crippen molar-refractivity contribution in [3.63, 3.8) is 0 Å². The van der Waals surface area contributed by atoms with Crippen LogP contribution in [0.3, 0.4) is 0 Å². The Morgan fingerprint density at radius 2 is 1.55 bits per heavy atom. The van der Waals surface area contributed by atoms with Crippen LogP contribution < -0.4 is 10.2 Å². The van der Waals surface area contributed by atoms with E-state index in [1.165, 1.54) is 11.3 Å². The second-order valence-electron chi connectivity index (χ2n) is 6.50. The number of hydrogen-bond donors (Lipinski definition) is 1. The fourth-order valence-corrected chi connectivity index (χ4v) is 2.80. The van der Waals surface area contributed by atoms with E-state index in [1.54, 1.807) is 0 Å². The number of hydrogen-bond acceptors (Lipinski definition) is 2. The highest BCUT2D eigenvalue weighted by molar-refractivity contribution is 5.55. The van der Waals surface area contributed by atoms with Crippen molar-refractivity contribution in [3.8, 4) is 0 Å². The summed E-state index contributed by atoms with van der Waals surface area (Å²) in [5.74, 6) is 1.35. The van der Waals surface area contributed by atoms with Crippen molar-refractivity contribution in [3.05, 3.63) is 29.8 Å². The van der Waals surface area contributed by atoms with Crippen LogP contribution in [0, 0.1) is 11.8 Å². The van der Waals surface area contributed by atoms with Gasteiger partial charge in [-0.15, -0.1) is 0 Å². The van der Waals surface area contributed by atoms with Gasteiger partial charge in [-0.05, 0) is 36.9 Å². The molecule has 1 N–H and O–H groups in total. The van der Waals surface area contributed by atoms with Crippen LogP contribution in [0.5, 0.6) is 0 Å². The number of rotatable bonds is 8. The maximum atomic E-state index is 3.44. The van der Waals surface area contributed by atoms with Crippen molar-refractivity contribution in [2.24, 2.45) is 11.8 Å². The summed E-state index contributed by atoms with van der Waals surface area (Å²) in [6.07, 6.45) is 1.12. The van der Waals surface area contributed by atoms with Crippen LogP contribution in [0.25, 0.3) is 0 Å². The molecule has 0 saturated heterocycles. The van der Waals surface area contributed by atoms with Crippen LogP contribution in [0.15, 0.2) is 24.3 Å². The molecule has 1 unspecified atom stereocenters. The Morgan fingerprint density at radius 1 is 1.00 bits per heavy atom. The smallest absolute Gasteiger partial charge is 0.0414 e. The van der Waals surface area contributed by atoms with Crippen LogP contribution in [-0.2, 0) is 0 Å². The summed E-state index contributed by atoms with van der Waals surface area (Å²) in [7, 11) is 2.06. The van der Waals surface area contributed by atoms with Gasteiger partial charge in [-0.25, -0.2) is 0 Å². The molecule has 0 bridgehead atoms. The Balaban J connectivity index is 3.11. The van der Waals surface area contributed by atoms with Gasteiger partial charge in [-0.1, -0.05) is 52.8 Å². The van der Waals surface area contributed by atoms with E-state index < -0.39 is 0 Å². The minimum atomic E-state index is 0.438. The first-order valence-corrected chi connectivity index (χ1v) is 8.00. The Kier molecular flexibility index (Phi) is 7.08. The fourth-order valence-electron chi connectivity index (χ4n) is 2.80. The molecule has 0 saturated carbocycles. The molecule has 1 aromatic carbocycles. The van der Waals surface area contributed by atoms with Crippen molar-refractivity contribution in [2.75, 3.05) is 25.0 Å². The minimum absolute atomic E-state index is 0.438. The van der Waals surface area contributed by atoms with E-state index >= 15 is 0 Å². The SMILES string of the molecule is CCC(NC)c1ccccc1N(CC(C)C)CC(C)C. The third-order valence-corrected chi connectivity index (χ3v) is 3.58. The maximum Gasteiger partial charge on any atom is 0.0414 e. The van der Waals surface area contributed by atoms with Gasteiger partial charge in [-0.3, -0.25) is 0 Å². The molecule has 0 amide bonds. The van der Waals surface area contributed by atoms with E-state index in [4.69, 9.17) is 0 Å². The summed E-state index contributed by atoms with van der Waals surface area (Å²) in [5.41, 5.74) is 2.83. The van der Waals surface area contributed by atoms with E-state index in [-0.39, 0.29) is 0 Å². The lowest BCUT2D eigenvalue weighted by molar-refractivity contribution is 0.539. The number of anilines is 1. The molecule has 0 radical (unpaired) electrons. The van der Waals surface area contributed by atoms with Gasteiger partial charge in [0, 0.05) is 24.8 Å². The molecule has 0 spiro atoms. The monoisotopic (exact) mass is 276 g/mol. The van der Waals surface area contributed by atoms with Crippen molar-refractivity contribution >= 4 is 5.69 Å². The normalized spacial score (nSPS) is 13.0. The average Bonchev–Trinajstić information content (AvgIpc) is 2.39. The summed E-state index contributed by atoms with van der Waals surface area (Å²) >= 11 is 0. The van der Waals surface area contributed by atoms with Gasteiger partial charge < -0.3 is 10.2 Å². The number of nitrogens with one attached hydrogen (secondary N) is 1. The first kappa shape index (κ1) is 17.0. The van der Waals surface area contributed by atoms with Crippen molar-refractivity contribution in [2.45, 2.75) is 47.1 Å². The highest BCUT2D eigenvalue weighted by atomic mass is 15.1. The molecule has 1 rings (SSSR count). The fraction of sp³-hybridized carbons (Fsp3) is 0.667. The van der Waals surface area contributed by atoms with Gasteiger partial charge in [-0.2, -0.15) is 0 Å². The van der Waals surface area contributed by atoms with Crippen LogP contribution >= 0.6 is 0 Å². The predicted octanol–water partition coefficient (Wildman–Crippen LogP) is 4.48. The topological polar surface area (TPSA) is 15.3 Å². The Hall–Kier alpha value is -1.02. The van der Waals surface area contributed by atoms with E-state index in [0.717, 1.165) is 19.5 Å². The number of nitrogens with zero attached hydrogens (tertiary/aromatic N) is 1. The molecule has 2 heteroatoms. The van der Waals surface area contributed by atoms with E-state index in [9.17, 15) is 0 Å². The van der Waals surface area contributed by atoms with Gasteiger partial charge in [0.2, 0.25) is 0 Å². The number of para-hydroxylation sites is 1. The molecule has 0 aromatic heterocycles. The first-order valence-electron chi connectivity index (χ1n) is 8.00. The van der Waals surface area contributed by atoms with Gasteiger partial charge in [0.1, 0.15) is 0 Å². The van der Waals surface area contributed by atoms with E-state index in [2.05, 4.69) is 76.1 Å². The zero-order chi connectivity index (χ0) is 15.1. The van der Waals surface area contributed by atoms with Crippen molar-refractivity contribution in [1.29, 1.82) is 0 Å². The largest absolute Gasteiger partial charge is 0.371 e. The van der Waals surface area contributed by atoms with Gasteiger partial charge in [0.05, 0.1) is 0 Å². The maximum absolute atomic E-state index is 3.44. The average molecular weight is 276 g/mol. The van der Waals surface area contributed by atoms with Crippen LogP contribution in [-0.4, -0.2) is 20.1 Å². The standard InChI is InChI=1S/C18H32N2/c1-7-17(19-6)16-10-8-9-11-18(16)20(12-14(2)3)13-15(4)5/h8-11,14-15,17,19H,7,12-13H2,1-6H3. The molecule has 0 aliphatic carbocycles. The van der Waals surface area contributed by atoms with Gasteiger partial charge in [0.15, 0.2) is 0 Å². The lowest BCUT2D eigenvalue weighted by atomic mass is 10.00. The van der Waals surface area contributed by atoms with Gasteiger partial charge in [0.25, 0.3) is 0 Å². The molecule has 0 aliphatic heterocycles. The molecule has 0 aliphatic rings. The van der Waals surface area contributed by atoms with Gasteiger partial charge >= 0.3 is 0 Å². The third kappa shape index (κ3) is 4.82. The number of benzene rings is 1. The zero-order valence-electron chi connectivity index (χ0n) is 14.1. The van der Waals surface area contributed by atoms with Crippen molar-refractivity contribution in [1.82, 2.24) is 5.32 Å². The van der Waals surface area contributed by atoms with Crippen LogP contribution in [0.2, 0.25) is 0 Å². The Bertz CT molecular complexity index is 371. The quantitative estimate of drug-likeness (QED) is 0.753. The van der Waals surface area contributed by atoms with Crippen LogP contribution in [0.4, 0.5) is 5.69 Å². The Morgan fingerprint density at radius 3 is 2.00 bits per heavy atom. The second-order valence-corrected chi connectivity index (χ2v) is 6.50. The molecule has 2 nitrogen and oxygen atoms in total. The molecule has 1 atom stereocenters. The lowest BCUT2D eigenvalue weighted by Gasteiger charge is -2.32. The van der Waals surface area contributed by atoms with Crippen molar-refractivity contribution < 1.29 is 0 Å². The minimum Gasteiger partial charge on any atom is -0.371 e. The summed E-state index contributed by atoms with van der Waals surface area (Å²) in [5, 5.41) is 3.44. The molecule has 1 aromatic rings. The summed E-state index contributed by atoms with van der Waals surface area (Å²) < 4.78 is 0. The highest BCUT2D eigenvalue weighted by Crippen LogP contribution is 2.29. The molecule has 0 fully saturated rings. The summed E-state index contributed by atoms with van der Waals surface area (Å²) in [4.78, 5) is 2.56. The van der Waals surface area contributed by atoms with E-state index in [1.807, 2.05) is 0 Å². The summed E-state index contributed by atoms with van der Waals surface area (Å²) in [6, 6.07) is 9.30. The molecule has 0 heterocycles. The molecular formula is C18H32N2. The molecular weight excluding hydrogens is 244 g/mol. The molecule has 114 valence electrons. The van der Waals surface area contributed by atoms with Crippen LogP contribution in [0.1, 0.15) is 52.6 Å². The summed E-state index contributed by atoms with van der Waals surface area (Å²) in [6.45, 7) is 13.7. The highest BCUT2D eigenvalue weighted by Gasteiger charge is 2.17. The first-order chi connectivity index (χ1) is 9.49.